The van der Waals surface area contributed by atoms with Gasteiger partial charge in [-0.3, -0.25) is 0 Å². The van der Waals surface area contributed by atoms with E-state index in [1.165, 1.54) is 0 Å². The first-order chi connectivity index (χ1) is 7.68. The number of rotatable bonds is 4. The zero-order valence-corrected chi connectivity index (χ0v) is 9.37. The Morgan fingerprint density at radius 1 is 1.31 bits per heavy atom. The van der Waals surface area contributed by atoms with Gasteiger partial charge in [-0.2, -0.15) is 0 Å². The maximum atomic E-state index is 10.4. The van der Waals surface area contributed by atoms with E-state index in [0.717, 1.165) is 12.1 Å². The molecule has 84 valence electrons. The zero-order valence-electron chi connectivity index (χ0n) is 9.37. The van der Waals surface area contributed by atoms with Crippen LogP contribution in [0.25, 0.3) is 0 Å². The average Bonchev–Trinajstić information content (AvgIpc) is 2.81. The Hall–Kier alpha value is -1.61. The lowest BCUT2D eigenvalue weighted by Gasteiger charge is -2.23. The van der Waals surface area contributed by atoms with E-state index in [-0.39, 0.29) is 0 Å². The molecule has 1 unspecified atom stereocenters. The minimum Gasteiger partial charge on any atom is -0.385 e. The number of hydrogen-bond acceptors (Lipinski definition) is 2. The van der Waals surface area contributed by atoms with Crippen LogP contribution in [0, 0.1) is 0 Å². The molecule has 2 rings (SSSR count). The Bertz CT molecular complexity index is 420. The first-order valence-electron chi connectivity index (χ1n) is 5.42. The molecule has 0 fully saturated rings. The molecule has 3 nitrogen and oxygen atoms in total. The van der Waals surface area contributed by atoms with Crippen LogP contribution in [-0.2, 0) is 12.1 Å². The van der Waals surface area contributed by atoms with E-state index < -0.39 is 5.60 Å². The smallest absolute Gasteiger partial charge is 0.0945 e. The molecule has 0 saturated heterocycles. The first kappa shape index (κ1) is 10.9. The number of aliphatic hydroxyl groups is 1. The van der Waals surface area contributed by atoms with E-state index in [1.807, 2.05) is 48.0 Å². The highest BCUT2D eigenvalue weighted by Gasteiger charge is 2.22. The molecule has 3 heteroatoms. The van der Waals surface area contributed by atoms with Crippen LogP contribution < -0.4 is 0 Å². The molecule has 1 aromatic carbocycles. The summed E-state index contributed by atoms with van der Waals surface area (Å²) in [5.74, 6) is 0. The average molecular weight is 216 g/mol. The second kappa shape index (κ2) is 4.49. The molecule has 1 atom stereocenters. The number of nitrogens with zero attached hydrogens (tertiary/aromatic N) is 2. The SMILES string of the molecule is CC(O)(CCn1ccnc1)c1ccccc1. The van der Waals surface area contributed by atoms with E-state index >= 15 is 0 Å². The fourth-order valence-corrected chi connectivity index (χ4v) is 1.71. The summed E-state index contributed by atoms with van der Waals surface area (Å²) in [6, 6.07) is 9.75. The van der Waals surface area contributed by atoms with Gasteiger partial charge in [0.25, 0.3) is 0 Å². The highest BCUT2D eigenvalue weighted by atomic mass is 16.3. The summed E-state index contributed by atoms with van der Waals surface area (Å²) < 4.78 is 1.97. The van der Waals surface area contributed by atoms with Crippen molar-refractivity contribution in [3.8, 4) is 0 Å². The summed E-state index contributed by atoms with van der Waals surface area (Å²) in [6.45, 7) is 2.61. The van der Waals surface area contributed by atoms with Gasteiger partial charge in [-0.15, -0.1) is 0 Å². The van der Waals surface area contributed by atoms with Crippen LogP contribution in [0.3, 0.4) is 0 Å². The van der Waals surface area contributed by atoms with Crippen LogP contribution in [0.5, 0.6) is 0 Å². The summed E-state index contributed by atoms with van der Waals surface area (Å²) >= 11 is 0. The molecular weight excluding hydrogens is 200 g/mol. The van der Waals surface area contributed by atoms with Crippen molar-refractivity contribution in [2.24, 2.45) is 0 Å². The second-order valence-corrected chi connectivity index (χ2v) is 4.19. The van der Waals surface area contributed by atoms with Gasteiger partial charge < -0.3 is 9.67 Å². The summed E-state index contributed by atoms with van der Waals surface area (Å²) in [6.07, 6.45) is 6.09. The number of imidazole rings is 1. The van der Waals surface area contributed by atoms with Crippen molar-refractivity contribution in [3.63, 3.8) is 0 Å². The van der Waals surface area contributed by atoms with Crippen LogP contribution in [0.15, 0.2) is 49.1 Å². The largest absolute Gasteiger partial charge is 0.385 e. The number of aryl methyl sites for hydroxylation is 1. The molecule has 16 heavy (non-hydrogen) atoms. The first-order valence-corrected chi connectivity index (χ1v) is 5.42. The quantitative estimate of drug-likeness (QED) is 0.850. The van der Waals surface area contributed by atoms with E-state index in [1.54, 1.807) is 12.5 Å². The van der Waals surface area contributed by atoms with Crippen molar-refractivity contribution in [1.29, 1.82) is 0 Å². The highest BCUT2D eigenvalue weighted by Crippen LogP contribution is 2.24. The van der Waals surface area contributed by atoms with Gasteiger partial charge >= 0.3 is 0 Å². The Balaban J connectivity index is 2.03. The van der Waals surface area contributed by atoms with Gasteiger partial charge in [0, 0.05) is 18.9 Å². The fraction of sp³-hybridized carbons (Fsp3) is 0.308. The third-order valence-electron chi connectivity index (χ3n) is 2.81. The standard InChI is InChI=1S/C13H16N2O/c1-13(16,12-5-3-2-4-6-12)7-9-15-10-8-14-11-15/h2-6,8,10-11,16H,7,9H2,1H3. The predicted octanol–water partition coefficient (Wildman–Crippen LogP) is 2.18. The molecule has 0 amide bonds. The molecule has 2 aromatic rings. The van der Waals surface area contributed by atoms with Gasteiger partial charge in [-0.25, -0.2) is 4.98 Å². The zero-order chi connectivity index (χ0) is 11.4. The summed E-state index contributed by atoms with van der Waals surface area (Å²) in [7, 11) is 0. The minimum atomic E-state index is -0.786. The van der Waals surface area contributed by atoms with Gasteiger partial charge in [0.05, 0.1) is 11.9 Å². The maximum Gasteiger partial charge on any atom is 0.0945 e. The molecule has 0 radical (unpaired) electrons. The van der Waals surface area contributed by atoms with Gasteiger partial charge in [0.15, 0.2) is 0 Å². The summed E-state index contributed by atoms with van der Waals surface area (Å²) in [5.41, 5.74) is 0.168. The van der Waals surface area contributed by atoms with Crippen molar-refractivity contribution in [2.75, 3.05) is 0 Å². The number of benzene rings is 1. The third-order valence-corrected chi connectivity index (χ3v) is 2.81. The van der Waals surface area contributed by atoms with Crippen LogP contribution in [-0.4, -0.2) is 14.7 Å². The summed E-state index contributed by atoms with van der Waals surface area (Å²) in [5, 5.41) is 10.4. The normalized spacial score (nSPS) is 14.6. The van der Waals surface area contributed by atoms with E-state index in [9.17, 15) is 5.11 Å². The van der Waals surface area contributed by atoms with Crippen molar-refractivity contribution in [2.45, 2.75) is 25.5 Å². The molecule has 1 aromatic heterocycles. The molecule has 0 aliphatic heterocycles. The predicted molar refractivity (Wildman–Crippen MR) is 62.9 cm³/mol. The third kappa shape index (κ3) is 2.49. The Morgan fingerprint density at radius 2 is 2.06 bits per heavy atom. The van der Waals surface area contributed by atoms with Crippen molar-refractivity contribution in [3.05, 3.63) is 54.6 Å². The van der Waals surface area contributed by atoms with Crippen LogP contribution in [0.2, 0.25) is 0 Å². The van der Waals surface area contributed by atoms with Gasteiger partial charge in [0.2, 0.25) is 0 Å². The summed E-state index contributed by atoms with van der Waals surface area (Å²) in [4.78, 5) is 3.98. The lowest BCUT2D eigenvalue weighted by molar-refractivity contribution is 0.0430. The lowest BCUT2D eigenvalue weighted by atomic mass is 9.93. The molecule has 1 heterocycles. The second-order valence-electron chi connectivity index (χ2n) is 4.19. The molecular formula is C13H16N2O. The topological polar surface area (TPSA) is 38.0 Å². The van der Waals surface area contributed by atoms with Gasteiger partial charge in [0.1, 0.15) is 0 Å². The van der Waals surface area contributed by atoms with Crippen LogP contribution >= 0.6 is 0 Å². The van der Waals surface area contributed by atoms with Crippen molar-refractivity contribution in [1.82, 2.24) is 9.55 Å². The van der Waals surface area contributed by atoms with Gasteiger partial charge in [-0.1, -0.05) is 30.3 Å². The lowest BCUT2D eigenvalue weighted by Crippen LogP contribution is -2.23. The number of aromatic nitrogens is 2. The molecule has 0 aliphatic rings. The Kier molecular flexibility index (Phi) is 3.06. The minimum absolute atomic E-state index is 0.674. The molecule has 0 bridgehead atoms. The van der Waals surface area contributed by atoms with E-state index in [4.69, 9.17) is 0 Å². The van der Waals surface area contributed by atoms with E-state index in [0.29, 0.717) is 6.42 Å². The van der Waals surface area contributed by atoms with Crippen molar-refractivity contribution < 1.29 is 5.11 Å². The molecule has 0 aliphatic carbocycles. The van der Waals surface area contributed by atoms with Crippen LogP contribution in [0.4, 0.5) is 0 Å². The molecule has 0 saturated carbocycles. The maximum absolute atomic E-state index is 10.4. The fourth-order valence-electron chi connectivity index (χ4n) is 1.71. The van der Waals surface area contributed by atoms with E-state index in [2.05, 4.69) is 4.98 Å². The van der Waals surface area contributed by atoms with Crippen LogP contribution in [0.1, 0.15) is 18.9 Å². The Morgan fingerprint density at radius 3 is 2.69 bits per heavy atom. The Labute approximate surface area is 95.4 Å². The van der Waals surface area contributed by atoms with Gasteiger partial charge in [-0.05, 0) is 18.9 Å². The number of hydrogen-bond donors (Lipinski definition) is 1. The molecule has 0 spiro atoms. The monoisotopic (exact) mass is 216 g/mol. The molecule has 1 N–H and O–H groups in total. The highest BCUT2D eigenvalue weighted by molar-refractivity contribution is 5.21. The van der Waals surface area contributed by atoms with Crippen molar-refractivity contribution >= 4 is 0 Å².